The van der Waals surface area contributed by atoms with Gasteiger partial charge in [0.15, 0.2) is 0 Å². The molecule has 2 aromatic rings. The molecule has 0 N–H and O–H groups in total. The van der Waals surface area contributed by atoms with E-state index in [-0.39, 0.29) is 5.82 Å². The Hall–Kier alpha value is -2.56. The molecule has 1 aromatic heterocycles. The standard InChI is InChI=1S/C18H17FN2O2/c1-21-11-15(17(22)18(21)23)16-10-13(8-9-20-16)3-2-12-4-6-14(19)7-5-12/h4-10,15H,2-3,11H2,1H3. The molecule has 5 heteroatoms. The van der Waals surface area contributed by atoms with Crippen molar-refractivity contribution >= 4 is 11.7 Å². The lowest BCUT2D eigenvalue weighted by Crippen LogP contribution is -2.22. The number of hydrogen-bond acceptors (Lipinski definition) is 3. The molecular formula is C18H17FN2O2. The number of rotatable bonds is 4. The number of hydrogen-bond donors (Lipinski definition) is 0. The lowest BCUT2D eigenvalue weighted by Gasteiger charge is -2.10. The van der Waals surface area contributed by atoms with Crippen molar-refractivity contribution < 1.29 is 14.0 Å². The summed E-state index contributed by atoms with van der Waals surface area (Å²) >= 11 is 0. The molecule has 1 saturated heterocycles. The summed E-state index contributed by atoms with van der Waals surface area (Å²) in [5.41, 5.74) is 2.75. The average molecular weight is 312 g/mol. The first-order valence-electron chi connectivity index (χ1n) is 7.53. The summed E-state index contributed by atoms with van der Waals surface area (Å²) in [5, 5.41) is 0. The molecule has 0 aliphatic carbocycles. The maximum Gasteiger partial charge on any atom is 0.290 e. The SMILES string of the molecule is CN1CC(c2cc(CCc3ccc(F)cc3)ccn2)C(=O)C1=O. The van der Waals surface area contributed by atoms with Crippen molar-refractivity contribution in [1.82, 2.24) is 9.88 Å². The first-order valence-corrected chi connectivity index (χ1v) is 7.53. The number of aromatic nitrogens is 1. The minimum atomic E-state index is -0.474. The van der Waals surface area contributed by atoms with Crippen LogP contribution in [0.15, 0.2) is 42.6 Å². The van der Waals surface area contributed by atoms with Crippen LogP contribution < -0.4 is 0 Å². The minimum absolute atomic E-state index is 0.242. The van der Waals surface area contributed by atoms with E-state index in [0.29, 0.717) is 12.2 Å². The van der Waals surface area contributed by atoms with Crippen LogP contribution in [0.2, 0.25) is 0 Å². The van der Waals surface area contributed by atoms with Crippen molar-refractivity contribution in [2.75, 3.05) is 13.6 Å². The molecule has 1 aromatic carbocycles. The van der Waals surface area contributed by atoms with Gasteiger partial charge in [0.25, 0.3) is 5.91 Å². The van der Waals surface area contributed by atoms with E-state index in [0.717, 1.165) is 24.0 Å². The normalized spacial score (nSPS) is 17.8. The van der Waals surface area contributed by atoms with Gasteiger partial charge in [-0.2, -0.15) is 0 Å². The van der Waals surface area contributed by atoms with Crippen molar-refractivity contribution in [2.24, 2.45) is 0 Å². The smallest absolute Gasteiger partial charge is 0.290 e. The Morgan fingerprint density at radius 3 is 2.48 bits per heavy atom. The van der Waals surface area contributed by atoms with Crippen molar-refractivity contribution in [2.45, 2.75) is 18.8 Å². The Labute approximate surface area is 134 Å². The molecule has 4 nitrogen and oxygen atoms in total. The summed E-state index contributed by atoms with van der Waals surface area (Å²) in [4.78, 5) is 29.3. The van der Waals surface area contributed by atoms with Crippen LogP contribution in [0, 0.1) is 5.82 Å². The zero-order chi connectivity index (χ0) is 16.4. The summed E-state index contributed by atoms with van der Waals surface area (Å²) in [6.45, 7) is 0.381. The number of carbonyl (C=O) groups is 2. The molecule has 1 atom stereocenters. The molecule has 2 heterocycles. The molecule has 0 radical (unpaired) electrons. The van der Waals surface area contributed by atoms with Crippen LogP contribution in [-0.2, 0) is 22.4 Å². The molecule has 23 heavy (non-hydrogen) atoms. The number of halogens is 1. The second-order valence-electron chi connectivity index (χ2n) is 5.82. The third-order valence-electron chi connectivity index (χ3n) is 4.15. The van der Waals surface area contributed by atoms with Gasteiger partial charge in [0.1, 0.15) is 5.82 Å². The monoisotopic (exact) mass is 312 g/mol. The third-order valence-corrected chi connectivity index (χ3v) is 4.15. The molecule has 3 rings (SSSR count). The number of likely N-dealkylation sites (tertiary alicyclic amines) is 1. The van der Waals surface area contributed by atoms with E-state index >= 15 is 0 Å². The van der Waals surface area contributed by atoms with Crippen LogP contribution in [0.25, 0.3) is 0 Å². The van der Waals surface area contributed by atoms with Crippen LogP contribution in [0.4, 0.5) is 4.39 Å². The van der Waals surface area contributed by atoms with Crippen molar-refractivity contribution in [1.29, 1.82) is 0 Å². The summed E-state index contributed by atoms with van der Waals surface area (Å²) in [6.07, 6.45) is 3.22. The highest BCUT2D eigenvalue weighted by molar-refractivity contribution is 6.40. The lowest BCUT2D eigenvalue weighted by molar-refractivity contribution is -0.139. The van der Waals surface area contributed by atoms with E-state index in [4.69, 9.17) is 0 Å². The highest BCUT2D eigenvalue weighted by atomic mass is 19.1. The summed E-state index contributed by atoms with van der Waals surface area (Å²) in [7, 11) is 1.62. The van der Waals surface area contributed by atoms with E-state index < -0.39 is 17.6 Å². The van der Waals surface area contributed by atoms with Crippen LogP contribution in [0.3, 0.4) is 0 Å². The van der Waals surface area contributed by atoms with Gasteiger partial charge in [0.05, 0.1) is 11.6 Å². The predicted molar refractivity (Wildman–Crippen MR) is 83.4 cm³/mol. The average Bonchev–Trinajstić information content (AvgIpc) is 2.82. The van der Waals surface area contributed by atoms with Crippen molar-refractivity contribution in [3.63, 3.8) is 0 Å². The fraction of sp³-hybridized carbons (Fsp3) is 0.278. The van der Waals surface area contributed by atoms with E-state index in [9.17, 15) is 14.0 Å². The topological polar surface area (TPSA) is 50.3 Å². The number of nitrogens with zero attached hydrogens (tertiary/aromatic N) is 2. The van der Waals surface area contributed by atoms with Gasteiger partial charge in [-0.25, -0.2) is 4.39 Å². The number of ketones is 1. The lowest BCUT2D eigenvalue weighted by atomic mass is 9.99. The summed E-state index contributed by atoms with van der Waals surface area (Å²) < 4.78 is 12.9. The molecule has 1 aliphatic rings. The number of aryl methyl sites for hydroxylation is 2. The highest BCUT2D eigenvalue weighted by Gasteiger charge is 2.38. The first-order chi connectivity index (χ1) is 11.0. The number of carbonyl (C=O) groups excluding carboxylic acids is 2. The number of pyridine rings is 1. The van der Waals surface area contributed by atoms with Crippen LogP contribution in [0.5, 0.6) is 0 Å². The predicted octanol–water partition coefficient (Wildman–Crippen LogP) is 2.13. The highest BCUT2D eigenvalue weighted by Crippen LogP contribution is 2.23. The molecule has 1 unspecified atom stereocenters. The van der Waals surface area contributed by atoms with Gasteiger partial charge in [0, 0.05) is 19.8 Å². The molecule has 0 saturated carbocycles. The number of benzene rings is 1. The van der Waals surface area contributed by atoms with E-state index in [1.165, 1.54) is 17.0 Å². The maximum absolute atomic E-state index is 12.9. The van der Waals surface area contributed by atoms with Crippen LogP contribution in [-0.4, -0.2) is 35.2 Å². The van der Waals surface area contributed by atoms with Crippen molar-refractivity contribution in [3.8, 4) is 0 Å². The molecule has 118 valence electrons. The quantitative estimate of drug-likeness (QED) is 0.813. The second-order valence-corrected chi connectivity index (χ2v) is 5.82. The van der Waals surface area contributed by atoms with Gasteiger partial charge in [0.2, 0.25) is 5.78 Å². The molecule has 0 spiro atoms. The van der Waals surface area contributed by atoms with Gasteiger partial charge in [-0.05, 0) is 48.2 Å². The number of Topliss-reactive ketones (excluding diaryl/α,β-unsaturated/α-hetero) is 1. The Bertz CT molecular complexity index is 743. The summed E-state index contributed by atoms with van der Waals surface area (Å²) in [6, 6.07) is 10.2. The van der Waals surface area contributed by atoms with Crippen LogP contribution >= 0.6 is 0 Å². The van der Waals surface area contributed by atoms with Gasteiger partial charge >= 0.3 is 0 Å². The van der Waals surface area contributed by atoms with Gasteiger partial charge < -0.3 is 4.90 Å². The Morgan fingerprint density at radius 1 is 1.13 bits per heavy atom. The van der Waals surface area contributed by atoms with E-state index in [2.05, 4.69) is 4.98 Å². The molecule has 1 amide bonds. The second kappa shape index (κ2) is 6.28. The van der Waals surface area contributed by atoms with Gasteiger partial charge in [-0.3, -0.25) is 14.6 Å². The van der Waals surface area contributed by atoms with E-state index in [1.54, 1.807) is 25.4 Å². The fourth-order valence-corrected chi connectivity index (χ4v) is 2.78. The third kappa shape index (κ3) is 3.28. The van der Waals surface area contributed by atoms with Crippen LogP contribution in [0.1, 0.15) is 22.7 Å². The largest absolute Gasteiger partial charge is 0.338 e. The number of amides is 1. The first kappa shape index (κ1) is 15.3. The molecule has 0 bridgehead atoms. The van der Waals surface area contributed by atoms with Gasteiger partial charge in [-0.1, -0.05) is 12.1 Å². The number of likely N-dealkylation sites (N-methyl/N-ethyl adjacent to an activating group) is 1. The Kier molecular flexibility index (Phi) is 4.19. The molecule has 1 fully saturated rings. The summed E-state index contributed by atoms with van der Waals surface area (Å²) in [5.74, 6) is -1.56. The fourth-order valence-electron chi connectivity index (χ4n) is 2.78. The zero-order valence-electron chi connectivity index (χ0n) is 12.8. The molecule has 1 aliphatic heterocycles. The van der Waals surface area contributed by atoms with Gasteiger partial charge in [-0.15, -0.1) is 0 Å². The Morgan fingerprint density at radius 2 is 1.83 bits per heavy atom. The maximum atomic E-state index is 12.9. The van der Waals surface area contributed by atoms with Crippen molar-refractivity contribution in [3.05, 3.63) is 65.2 Å². The molecular weight excluding hydrogens is 295 g/mol. The van der Waals surface area contributed by atoms with E-state index in [1.807, 2.05) is 12.1 Å². The zero-order valence-corrected chi connectivity index (χ0v) is 12.8. The Balaban J connectivity index is 1.71. The minimum Gasteiger partial charge on any atom is -0.338 e.